The van der Waals surface area contributed by atoms with Crippen molar-refractivity contribution in [3.05, 3.63) is 29.8 Å². The Bertz CT molecular complexity index is 732. The van der Waals surface area contributed by atoms with Gasteiger partial charge in [0.25, 0.3) is 5.91 Å². The molecule has 0 aromatic heterocycles. The molecule has 1 saturated carbocycles. The molecule has 1 saturated heterocycles. The molecule has 3 rings (SSSR count). The Kier molecular flexibility index (Phi) is 5.79. The lowest BCUT2D eigenvalue weighted by molar-refractivity contribution is -0.138. The fourth-order valence-corrected chi connectivity index (χ4v) is 3.51. The predicted molar refractivity (Wildman–Crippen MR) is 103 cm³/mol. The van der Waals surface area contributed by atoms with Crippen molar-refractivity contribution in [3.8, 4) is 0 Å². The molecule has 0 bridgehead atoms. The van der Waals surface area contributed by atoms with E-state index >= 15 is 0 Å². The largest absolute Gasteiger partial charge is 0.353 e. The van der Waals surface area contributed by atoms with Gasteiger partial charge in [-0.05, 0) is 44.4 Å². The van der Waals surface area contributed by atoms with Crippen LogP contribution in [0, 0.1) is 0 Å². The molecule has 3 N–H and O–H groups in total. The fraction of sp³-hybridized carbons (Fsp3) is 0.550. The van der Waals surface area contributed by atoms with E-state index in [2.05, 4.69) is 16.0 Å². The van der Waals surface area contributed by atoms with E-state index in [9.17, 15) is 14.4 Å². The Morgan fingerprint density at radius 1 is 1.33 bits per heavy atom. The number of benzene rings is 1. The summed E-state index contributed by atoms with van der Waals surface area (Å²) in [5.74, 6) is -0.328. The summed E-state index contributed by atoms with van der Waals surface area (Å²) in [6.45, 7) is 5.24. The second-order valence-electron chi connectivity index (χ2n) is 7.58. The first-order valence-electron chi connectivity index (χ1n) is 9.66. The highest BCUT2D eigenvalue weighted by Gasteiger charge is 2.41. The summed E-state index contributed by atoms with van der Waals surface area (Å²) in [6.07, 6.45) is 3.62. The molecule has 1 aliphatic carbocycles. The van der Waals surface area contributed by atoms with Gasteiger partial charge in [0.2, 0.25) is 11.8 Å². The van der Waals surface area contributed by atoms with E-state index in [1.807, 2.05) is 18.7 Å². The maximum absolute atomic E-state index is 12.6. The zero-order valence-electron chi connectivity index (χ0n) is 16.0. The second kappa shape index (κ2) is 8.08. The van der Waals surface area contributed by atoms with Gasteiger partial charge in [0.15, 0.2) is 0 Å². The van der Waals surface area contributed by atoms with Crippen molar-refractivity contribution in [2.24, 2.45) is 0 Å². The molecule has 27 heavy (non-hydrogen) atoms. The second-order valence-corrected chi connectivity index (χ2v) is 7.58. The van der Waals surface area contributed by atoms with Crippen LogP contribution in [0.1, 0.15) is 49.9 Å². The van der Waals surface area contributed by atoms with Crippen molar-refractivity contribution in [1.29, 1.82) is 0 Å². The molecule has 3 amide bonds. The van der Waals surface area contributed by atoms with E-state index in [0.29, 0.717) is 30.8 Å². The van der Waals surface area contributed by atoms with Crippen LogP contribution >= 0.6 is 0 Å². The average molecular weight is 372 g/mol. The van der Waals surface area contributed by atoms with Crippen molar-refractivity contribution in [2.75, 3.05) is 25.0 Å². The lowest BCUT2D eigenvalue weighted by Crippen LogP contribution is -2.64. The lowest BCUT2D eigenvalue weighted by Gasteiger charge is -2.43. The van der Waals surface area contributed by atoms with Gasteiger partial charge in [-0.2, -0.15) is 0 Å². The number of hydrogen-bond acceptors (Lipinski definition) is 4. The van der Waals surface area contributed by atoms with Crippen molar-refractivity contribution < 1.29 is 14.4 Å². The maximum Gasteiger partial charge on any atom is 0.251 e. The Labute approximate surface area is 159 Å². The van der Waals surface area contributed by atoms with Crippen LogP contribution in [-0.2, 0) is 9.59 Å². The quantitative estimate of drug-likeness (QED) is 0.677. The van der Waals surface area contributed by atoms with Crippen molar-refractivity contribution in [3.63, 3.8) is 0 Å². The number of nitrogens with zero attached hydrogens (tertiary/aromatic N) is 1. The number of nitrogens with one attached hydrogen (secondary N) is 3. The van der Waals surface area contributed by atoms with Crippen LogP contribution in [0.4, 0.5) is 5.69 Å². The third kappa shape index (κ3) is 4.66. The normalized spacial score (nSPS) is 22.8. The number of anilines is 1. The van der Waals surface area contributed by atoms with Gasteiger partial charge in [-0.25, -0.2) is 0 Å². The number of piperazine rings is 1. The number of hydrogen-bond donors (Lipinski definition) is 3. The van der Waals surface area contributed by atoms with Crippen LogP contribution in [0.15, 0.2) is 24.3 Å². The smallest absolute Gasteiger partial charge is 0.251 e. The average Bonchev–Trinajstić information content (AvgIpc) is 3.44. The molecule has 1 atom stereocenters. The highest BCUT2D eigenvalue weighted by molar-refractivity contribution is 5.98. The molecule has 1 unspecified atom stereocenters. The number of rotatable bonds is 7. The molecule has 2 fully saturated rings. The first kappa shape index (κ1) is 19.4. The third-order valence-electron chi connectivity index (χ3n) is 5.25. The van der Waals surface area contributed by atoms with E-state index in [0.717, 1.165) is 19.3 Å². The Hall–Kier alpha value is -2.41. The van der Waals surface area contributed by atoms with Crippen LogP contribution in [0.25, 0.3) is 0 Å². The van der Waals surface area contributed by atoms with Crippen molar-refractivity contribution in [1.82, 2.24) is 15.5 Å². The predicted octanol–water partition coefficient (Wildman–Crippen LogP) is 1.51. The first-order chi connectivity index (χ1) is 12.9. The molecular weight excluding hydrogens is 344 g/mol. The number of carbonyl (C=O) groups is 3. The van der Waals surface area contributed by atoms with E-state index in [4.69, 9.17) is 0 Å². The van der Waals surface area contributed by atoms with Crippen LogP contribution in [0.5, 0.6) is 0 Å². The molecule has 2 aliphatic rings. The molecule has 1 heterocycles. The van der Waals surface area contributed by atoms with Gasteiger partial charge in [0, 0.05) is 30.4 Å². The summed E-state index contributed by atoms with van der Waals surface area (Å²) in [7, 11) is 0. The van der Waals surface area contributed by atoms with Gasteiger partial charge in [-0.3, -0.25) is 19.3 Å². The highest BCUT2D eigenvalue weighted by Crippen LogP contribution is 2.24. The zero-order valence-corrected chi connectivity index (χ0v) is 16.0. The highest BCUT2D eigenvalue weighted by atomic mass is 16.2. The summed E-state index contributed by atoms with van der Waals surface area (Å²) >= 11 is 0. The third-order valence-corrected chi connectivity index (χ3v) is 5.25. The molecule has 146 valence electrons. The Morgan fingerprint density at radius 2 is 2.11 bits per heavy atom. The van der Waals surface area contributed by atoms with Gasteiger partial charge in [0.1, 0.15) is 0 Å². The summed E-state index contributed by atoms with van der Waals surface area (Å²) in [5, 5.41) is 8.69. The van der Waals surface area contributed by atoms with E-state index in [-0.39, 0.29) is 30.3 Å². The van der Waals surface area contributed by atoms with Gasteiger partial charge < -0.3 is 16.0 Å². The monoisotopic (exact) mass is 372 g/mol. The van der Waals surface area contributed by atoms with Crippen LogP contribution in [0.2, 0.25) is 0 Å². The minimum absolute atomic E-state index is 0.0258. The standard InChI is InChI=1S/C20H28N4O3/c1-3-9-20(2)19(27)21-10-11-24(20)13-17(25)22-16-6-4-5-14(12-16)18(26)23-15-7-8-15/h4-6,12,15H,3,7-11,13H2,1-2H3,(H,21,27)(H,22,25)(H,23,26). The molecule has 0 spiro atoms. The van der Waals surface area contributed by atoms with Crippen molar-refractivity contribution in [2.45, 2.75) is 51.1 Å². The van der Waals surface area contributed by atoms with Crippen LogP contribution < -0.4 is 16.0 Å². The molecule has 1 aliphatic heterocycles. The minimum Gasteiger partial charge on any atom is -0.353 e. The van der Waals surface area contributed by atoms with Gasteiger partial charge in [0.05, 0.1) is 12.1 Å². The lowest BCUT2D eigenvalue weighted by atomic mass is 9.90. The summed E-state index contributed by atoms with van der Waals surface area (Å²) in [6, 6.07) is 7.23. The zero-order chi connectivity index (χ0) is 19.4. The first-order valence-corrected chi connectivity index (χ1v) is 9.66. The Balaban J connectivity index is 1.63. The molecule has 0 radical (unpaired) electrons. The van der Waals surface area contributed by atoms with Crippen molar-refractivity contribution >= 4 is 23.4 Å². The Morgan fingerprint density at radius 3 is 2.81 bits per heavy atom. The fourth-order valence-electron chi connectivity index (χ4n) is 3.51. The summed E-state index contributed by atoms with van der Waals surface area (Å²) < 4.78 is 0. The molecule has 7 heteroatoms. The van der Waals surface area contributed by atoms with Crippen LogP contribution in [0.3, 0.4) is 0 Å². The van der Waals surface area contributed by atoms with E-state index in [1.54, 1.807) is 24.3 Å². The van der Waals surface area contributed by atoms with Gasteiger partial charge in [-0.15, -0.1) is 0 Å². The van der Waals surface area contributed by atoms with Gasteiger partial charge in [-0.1, -0.05) is 19.4 Å². The van der Waals surface area contributed by atoms with E-state index < -0.39 is 5.54 Å². The maximum atomic E-state index is 12.6. The molecular formula is C20H28N4O3. The van der Waals surface area contributed by atoms with Crippen LogP contribution in [-0.4, -0.2) is 53.8 Å². The molecule has 7 nitrogen and oxygen atoms in total. The molecule has 1 aromatic carbocycles. The summed E-state index contributed by atoms with van der Waals surface area (Å²) in [5.41, 5.74) is 0.450. The SMILES string of the molecule is CCCC1(C)C(=O)NCCN1CC(=O)Nc1cccc(C(=O)NC2CC2)c1. The van der Waals surface area contributed by atoms with E-state index in [1.165, 1.54) is 0 Å². The molecule has 1 aromatic rings. The number of carbonyl (C=O) groups excluding carboxylic acids is 3. The number of amides is 3. The summed E-state index contributed by atoms with van der Waals surface area (Å²) in [4.78, 5) is 39.0. The van der Waals surface area contributed by atoms with Gasteiger partial charge >= 0.3 is 0 Å². The topological polar surface area (TPSA) is 90.5 Å². The minimum atomic E-state index is -0.670.